The molecule has 0 aliphatic heterocycles. The molecule has 3 aromatic rings. The molecule has 0 spiro atoms. The summed E-state index contributed by atoms with van der Waals surface area (Å²) in [5, 5.41) is 17.1. The number of nitrogens with zero attached hydrogens (tertiary/aromatic N) is 4. The number of carbonyl (C=O) groups is 2. The summed E-state index contributed by atoms with van der Waals surface area (Å²) in [5.41, 5.74) is 1.01. The lowest BCUT2D eigenvalue weighted by atomic mass is 9.90. The Labute approximate surface area is 199 Å². The summed E-state index contributed by atoms with van der Waals surface area (Å²) in [6, 6.07) is 5.62. The summed E-state index contributed by atoms with van der Waals surface area (Å²) in [7, 11) is 0. The summed E-state index contributed by atoms with van der Waals surface area (Å²) >= 11 is 0. The summed E-state index contributed by atoms with van der Waals surface area (Å²) in [4.78, 5) is 30.7. The molecular weight excluding hydrogens is 434 g/mol. The van der Waals surface area contributed by atoms with Crippen LogP contribution in [0, 0.1) is 31.1 Å². The normalized spacial score (nSPS) is 14.1. The van der Waals surface area contributed by atoms with Gasteiger partial charge in [0.1, 0.15) is 17.1 Å². The minimum Gasteiger partial charge on any atom is -0.466 e. The largest absolute Gasteiger partial charge is 0.466 e. The molecule has 9 heteroatoms. The molecule has 0 aliphatic rings. The van der Waals surface area contributed by atoms with Gasteiger partial charge in [0.05, 0.1) is 28.9 Å². The molecule has 1 amide bonds. The number of aryl methyl sites for hydroxylation is 2. The number of nitrogens with one attached hydrogen (secondary N) is 1. The van der Waals surface area contributed by atoms with E-state index in [4.69, 9.17) is 14.1 Å². The van der Waals surface area contributed by atoms with Crippen molar-refractivity contribution in [3.8, 4) is 17.3 Å². The van der Waals surface area contributed by atoms with Gasteiger partial charge in [-0.3, -0.25) is 4.79 Å². The number of carbonyl (C=O) groups excluding carboxylic acids is 2. The van der Waals surface area contributed by atoms with E-state index in [1.807, 2.05) is 47.6 Å². The molecule has 0 radical (unpaired) electrons. The van der Waals surface area contributed by atoms with Crippen molar-refractivity contribution in [2.75, 3.05) is 0 Å². The number of amides is 1. The second kappa shape index (κ2) is 9.29. The Morgan fingerprint density at radius 1 is 1.21 bits per heavy atom. The second-order valence-corrected chi connectivity index (χ2v) is 9.31. The fourth-order valence-corrected chi connectivity index (χ4v) is 3.52. The van der Waals surface area contributed by atoms with E-state index in [1.165, 1.54) is 6.92 Å². The van der Waals surface area contributed by atoms with Crippen molar-refractivity contribution in [1.82, 2.24) is 20.1 Å². The van der Waals surface area contributed by atoms with Gasteiger partial charge in [-0.05, 0) is 59.6 Å². The summed E-state index contributed by atoms with van der Waals surface area (Å²) < 4.78 is 12.9. The molecule has 3 aromatic heterocycles. The van der Waals surface area contributed by atoms with E-state index in [9.17, 15) is 14.9 Å². The topological polar surface area (TPSA) is 123 Å². The smallest absolute Gasteiger partial charge is 0.339 e. The molecule has 0 bridgehead atoms. The number of aromatic nitrogens is 3. The Morgan fingerprint density at radius 3 is 2.41 bits per heavy atom. The van der Waals surface area contributed by atoms with Gasteiger partial charge in [0.15, 0.2) is 11.8 Å². The van der Waals surface area contributed by atoms with Crippen molar-refractivity contribution in [1.29, 1.82) is 5.26 Å². The zero-order chi connectivity index (χ0) is 25.4. The van der Waals surface area contributed by atoms with Gasteiger partial charge < -0.3 is 14.5 Å². The average Bonchev–Trinajstić information content (AvgIpc) is 3.34. The number of esters is 1. The van der Waals surface area contributed by atoms with Crippen LogP contribution in [-0.4, -0.2) is 38.3 Å². The van der Waals surface area contributed by atoms with Crippen LogP contribution in [0.4, 0.5) is 0 Å². The van der Waals surface area contributed by atoms with Gasteiger partial charge in [-0.2, -0.15) is 10.4 Å². The van der Waals surface area contributed by atoms with Crippen LogP contribution in [0.3, 0.4) is 0 Å². The lowest BCUT2D eigenvalue weighted by molar-refractivity contribution is -0.130. The maximum atomic E-state index is 13.2. The highest BCUT2D eigenvalue weighted by molar-refractivity contribution is 6.04. The van der Waals surface area contributed by atoms with Crippen LogP contribution in [0.2, 0.25) is 0 Å². The maximum Gasteiger partial charge on any atom is 0.339 e. The first kappa shape index (κ1) is 25.0. The van der Waals surface area contributed by atoms with Crippen LogP contribution in [0.25, 0.3) is 22.3 Å². The molecule has 0 aliphatic carbocycles. The number of nitriles is 1. The van der Waals surface area contributed by atoms with E-state index in [-0.39, 0.29) is 17.5 Å². The third-order valence-corrected chi connectivity index (χ3v) is 6.02. The molecule has 34 heavy (non-hydrogen) atoms. The molecule has 0 fully saturated rings. The predicted octanol–water partition coefficient (Wildman–Crippen LogP) is 4.49. The van der Waals surface area contributed by atoms with E-state index in [0.29, 0.717) is 22.5 Å². The van der Waals surface area contributed by atoms with Gasteiger partial charge in [0.25, 0.3) is 5.91 Å². The van der Waals surface area contributed by atoms with Crippen LogP contribution in [0.1, 0.15) is 69.5 Å². The Hall–Kier alpha value is -3.67. The Morgan fingerprint density at radius 2 is 1.88 bits per heavy atom. The quantitative estimate of drug-likeness (QED) is 0.510. The highest BCUT2D eigenvalue weighted by Gasteiger charge is 2.33. The van der Waals surface area contributed by atoms with E-state index in [0.717, 1.165) is 11.3 Å². The van der Waals surface area contributed by atoms with Crippen LogP contribution in [0.15, 0.2) is 22.7 Å². The van der Waals surface area contributed by atoms with Gasteiger partial charge in [0.2, 0.25) is 0 Å². The molecule has 3 rings (SSSR count). The number of pyridine rings is 1. The first-order chi connectivity index (χ1) is 15.9. The first-order valence-corrected chi connectivity index (χ1v) is 11.3. The van der Waals surface area contributed by atoms with Crippen molar-refractivity contribution < 1.29 is 18.7 Å². The van der Waals surface area contributed by atoms with Crippen LogP contribution < -0.4 is 5.32 Å². The number of rotatable bonds is 7. The fraction of sp³-hybridized carbons (Fsp3) is 0.480. The highest BCUT2D eigenvalue weighted by atomic mass is 16.5. The number of hydrogen-bond acceptors (Lipinski definition) is 7. The lowest BCUT2D eigenvalue weighted by Crippen LogP contribution is -2.52. The number of fused-ring (bicyclic) bond motifs is 1. The molecule has 1 N–H and O–H groups in total. The van der Waals surface area contributed by atoms with Gasteiger partial charge in [-0.1, -0.05) is 13.8 Å². The second-order valence-electron chi connectivity index (χ2n) is 9.31. The number of furan rings is 1. The van der Waals surface area contributed by atoms with Crippen LogP contribution >= 0.6 is 0 Å². The molecular formula is C25H31N5O4. The number of ether oxygens (including phenoxy) is 1. The zero-order valence-corrected chi connectivity index (χ0v) is 20.9. The SMILES string of the molecule is Cc1cc(-c2cc(C(=O)OC(C)C(=O)NC(C)(C#N)C(C)C)c3cnn(C(C)C)c3n2)c(C)o1. The number of hydrogen-bond donors (Lipinski definition) is 1. The van der Waals surface area contributed by atoms with E-state index in [1.54, 1.807) is 23.9 Å². The van der Waals surface area contributed by atoms with Crippen LogP contribution in [-0.2, 0) is 9.53 Å². The standard InChI is InChI=1S/C25H31N5O4/c1-13(2)25(8,12-26)29-23(31)17(7)34-24(32)19-10-21(18-9-15(5)33-16(18)6)28-22-20(19)11-27-30(22)14(3)4/h9-11,13-14,17H,1-8H3,(H,29,31). The Balaban J connectivity index is 2.00. The average molecular weight is 466 g/mol. The molecule has 9 nitrogen and oxygen atoms in total. The van der Waals surface area contributed by atoms with E-state index in [2.05, 4.69) is 16.5 Å². The molecule has 0 saturated heterocycles. The minimum atomic E-state index is -1.11. The Bertz CT molecular complexity index is 1280. The minimum absolute atomic E-state index is 0.0145. The van der Waals surface area contributed by atoms with Crippen molar-refractivity contribution in [2.45, 2.75) is 73.1 Å². The molecule has 0 aromatic carbocycles. The zero-order valence-electron chi connectivity index (χ0n) is 20.9. The summed E-state index contributed by atoms with van der Waals surface area (Å²) in [6.45, 7) is 14.4. The molecule has 2 atom stereocenters. The fourth-order valence-electron chi connectivity index (χ4n) is 3.52. The summed E-state index contributed by atoms with van der Waals surface area (Å²) in [5.74, 6) is 0.0510. The highest BCUT2D eigenvalue weighted by Crippen LogP contribution is 2.30. The van der Waals surface area contributed by atoms with Crippen molar-refractivity contribution in [2.24, 2.45) is 5.92 Å². The van der Waals surface area contributed by atoms with Crippen molar-refractivity contribution in [3.63, 3.8) is 0 Å². The third kappa shape index (κ3) is 4.67. The lowest BCUT2D eigenvalue weighted by Gasteiger charge is -2.28. The third-order valence-electron chi connectivity index (χ3n) is 6.02. The van der Waals surface area contributed by atoms with Crippen molar-refractivity contribution >= 4 is 22.9 Å². The maximum absolute atomic E-state index is 13.2. The first-order valence-electron chi connectivity index (χ1n) is 11.3. The van der Waals surface area contributed by atoms with Gasteiger partial charge in [0, 0.05) is 11.6 Å². The van der Waals surface area contributed by atoms with E-state index < -0.39 is 23.5 Å². The van der Waals surface area contributed by atoms with Gasteiger partial charge in [-0.15, -0.1) is 0 Å². The monoisotopic (exact) mass is 465 g/mol. The Kier molecular flexibility index (Phi) is 6.82. The summed E-state index contributed by atoms with van der Waals surface area (Å²) in [6.07, 6.45) is 0.468. The molecule has 3 heterocycles. The van der Waals surface area contributed by atoms with E-state index >= 15 is 0 Å². The molecule has 0 saturated carbocycles. The van der Waals surface area contributed by atoms with Gasteiger partial charge >= 0.3 is 5.97 Å². The van der Waals surface area contributed by atoms with Crippen LogP contribution in [0.5, 0.6) is 0 Å². The molecule has 2 unspecified atom stereocenters. The molecule has 180 valence electrons. The van der Waals surface area contributed by atoms with Gasteiger partial charge in [-0.25, -0.2) is 14.5 Å². The predicted molar refractivity (Wildman–Crippen MR) is 127 cm³/mol. The van der Waals surface area contributed by atoms with Crippen molar-refractivity contribution in [3.05, 3.63) is 35.4 Å².